The molecule has 1 aromatic rings. The third-order valence-corrected chi connectivity index (χ3v) is 2.66. The molecule has 0 amide bonds. The van der Waals surface area contributed by atoms with Crippen LogP contribution < -0.4 is 0 Å². The highest BCUT2D eigenvalue weighted by molar-refractivity contribution is 6.31. The number of carboxylic acid groups (broad SMARTS) is 2. The number of halogens is 1. The van der Waals surface area contributed by atoms with Gasteiger partial charge in [-0.3, -0.25) is 4.79 Å². The Morgan fingerprint density at radius 2 is 1.83 bits per heavy atom. The van der Waals surface area contributed by atoms with Crippen molar-refractivity contribution in [2.24, 2.45) is 0 Å². The van der Waals surface area contributed by atoms with Crippen LogP contribution in [0.3, 0.4) is 0 Å². The Labute approximate surface area is 107 Å². The molecule has 0 aliphatic rings. The second kappa shape index (κ2) is 5.81. The van der Waals surface area contributed by atoms with Gasteiger partial charge in [0.05, 0.1) is 6.42 Å². The lowest BCUT2D eigenvalue weighted by atomic mass is 10.0. The first-order valence-electron chi connectivity index (χ1n) is 4.92. The van der Waals surface area contributed by atoms with Crippen LogP contribution in [0.1, 0.15) is 17.2 Å². The molecule has 0 aromatic heterocycles. The first kappa shape index (κ1) is 14.4. The van der Waals surface area contributed by atoms with Crippen molar-refractivity contribution in [3.8, 4) is 0 Å². The van der Waals surface area contributed by atoms with Gasteiger partial charge in [0, 0.05) is 5.02 Å². The van der Waals surface area contributed by atoms with E-state index in [1.54, 1.807) is 0 Å². The monoisotopic (exact) mass is 274 g/mol. The lowest BCUT2D eigenvalue weighted by Crippen LogP contribution is -2.27. The smallest absolute Gasteiger partial charge is 0.335 e. The number of hydrogen-bond acceptors (Lipinski definition) is 4. The molecule has 0 heterocycles. The van der Waals surface area contributed by atoms with Crippen LogP contribution in [-0.4, -0.2) is 38.5 Å². The molecule has 4 N–H and O–H groups in total. The number of aliphatic hydroxyl groups is 2. The van der Waals surface area contributed by atoms with Crippen LogP contribution in [0, 0.1) is 0 Å². The van der Waals surface area contributed by atoms with Gasteiger partial charge in [0.15, 0.2) is 6.10 Å². The highest BCUT2D eigenvalue weighted by atomic mass is 35.5. The molecule has 0 spiro atoms. The van der Waals surface area contributed by atoms with Crippen molar-refractivity contribution in [1.29, 1.82) is 0 Å². The molecule has 0 aliphatic carbocycles. The summed E-state index contributed by atoms with van der Waals surface area (Å²) in [7, 11) is 0. The number of benzene rings is 1. The van der Waals surface area contributed by atoms with Gasteiger partial charge < -0.3 is 20.4 Å². The van der Waals surface area contributed by atoms with Crippen molar-refractivity contribution < 1.29 is 30.0 Å². The predicted molar refractivity (Wildman–Crippen MR) is 61.4 cm³/mol. The Hall–Kier alpha value is -1.63. The fourth-order valence-electron chi connectivity index (χ4n) is 1.37. The van der Waals surface area contributed by atoms with Crippen molar-refractivity contribution in [3.05, 3.63) is 34.3 Å². The summed E-state index contributed by atoms with van der Waals surface area (Å²) >= 11 is 5.80. The quantitative estimate of drug-likeness (QED) is 0.619. The molecular formula is C11H11ClO6. The zero-order valence-corrected chi connectivity index (χ0v) is 9.83. The van der Waals surface area contributed by atoms with Gasteiger partial charge in [-0.1, -0.05) is 23.7 Å². The molecule has 1 rings (SSSR count). The number of carboxylic acids is 2. The van der Waals surface area contributed by atoms with E-state index in [4.69, 9.17) is 26.9 Å². The van der Waals surface area contributed by atoms with Crippen LogP contribution in [0.15, 0.2) is 18.2 Å². The van der Waals surface area contributed by atoms with Crippen molar-refractivity contribution >= 4 is 23.5 Å². The van der Waals surface area contributed by atoms with E-state index >= 15 is 0 Å². The molecule has 18 heavy (non-hydrogen) atoms. The van der Waals surface area contributed by atoms with Gasteiger partial charge in [0.1, 0.15) is 6.10 Å². The van der Waals surface area contributed by atoms with Crippen LogP contribution >= 0.6 is 11.6 Å². The minimum Gasteiger partial charge on any atom is -0.481 e. The summed E-state index contributed by atoms with van der Waals surface area (Å²) in [5, 5.41) is 35.9. The average molecular weight is 275 g/mol. The van der Waals surface area contributed by atoms with Crippen molar-refractivity contribution in [3.63, 3.8) is 0 Å². The highest BCUT2D eigenvalue weighted by Gasteiger charge is 2.25. The maximum Gasteiger partial charge on any atom is 0.335 e. The summed E-state index contributed by atoms with van der Waals surface area (Å²) in [5.74, 6) is -2.62. The molecular weight excluding hydrogens is 264 g/mol. The van der Waals surface area contributed by atoms with Crippen LogP contribution in [0.4, 0.5) is 0 Å². The topological polar surface area (TPSA) is 115 Å². The SMILES string of the molecule is O=C(O)Cc1ccc(C(O)C(O)C(=O)O)cc1Cl. The van der Waals surface area contributed by atoms with Gasteiger partial charge >= 0.3 is 11.9 Å². The lowest BCUT2D eigenvalue weighted by molar-refractivity contribution is -0.153. The number of rotatable bonds is 5. The summed E-state index contributed by atoms with van der Waals surface area (Å²) < 4.78 is 0. The average Bonchev–Trinajstić information content (AvgIpc) is 2.29. The van der Waals surface area contributed by atoms with E-state index in [2.05, 4.69) is 0 Å². The fourth-order valence-corrected chi connectivity index (χ4v) is 1.63. The molecule has 0 fully saturated rings. The zero-order valence-electron chi connectivity index (χ0n) is 9.08. The van der Waals surface area contributed by atoms with Crippen LogP contribution in [0.5, 0.6) is 0 Å². The normalized spacial score (nSPS) is 13.9. The molecule has 7 heteroatoms. The molecule has 1 aromatic carbocycles. The molecule has 98 valence electrons. The van der Waals surface area contributed by atoms with E-state index in [9.17, 15) is 14.7 Å². The summed E-state index contributed by atoms with van der Waals surface area (Å²) in [6.45, 7) is 0. The molecule has 0 radical (unpaired) electrons. The van der Waals surface area contributed by atoms with Crippen molar-refractivity contribution in [2.75, 3.05) is 0 Å². The molecule has 0 saturated heterocycles. The highest BCUT2D eigenvalue weighted by Crippen LogP contribution is 2.24. The Morgan fingerprint density at radius 3 is 2.28 bits per heavy atom. The van der Waals surface area contributed by atoms with E-state index in [0.29, 0.717) is 5.56 Å². The van der Waals surface area contributed by atoms with Gasteiger partial charge in [-0.25, -0.2) is 4.79 Å². The first-order valence-corrected chi connectivity index (χ1v) is 5.29. The zero-order chi connectivity index (χ0) is 13.9. The third-order valence-electron chi connectivity index (χ3n) is 2.31. The largest absolute Gasteiger partial charge is 0.481 e. The molecule has 2 unspecified atom stereocenters. The second-order valence-electron chi connectivity index (χ2n) is 3.65. The third kappa shape index (κ3) is 3.43. The summed E-state index contributed by atoms with van der Waals surface area (Å²) in [6.07, 6.45) is -3.87. The van der Waals surface area contributed by atoms with E-state index in [-0.39, 0.29) is 17.0 Å². The number of carbonyl (C=O) groups is 2. The predicted octanol–water partition coefficient (Wildman–Crippen LogP) is 0.446. The van der Waals surface area contributed by atoms with Crippen LogP contribution in [0.2, 0.25) is 5.02 Å². The maximum atomic E-state index is 10.5. The van der Waals surface area contributed by atoms with E-state index in [1.807, 2.05) is 0 Å². The van der Waals surface area contributed by atoms with Gasteiger partial charge in [-0.2, -0.15) is 0 Å². The Kier molecular flexibility index (Phi) is 4.66. The number of aliphatic hydroxyl groups excluding tert-OH is 2. The fraction of sp³-hybridized carbons (Fsp3) is 0.273. The molecule has 2 atom stereocenters. The minimum atomic E-state index is -1.97. The standard InChI is InChI=1S/C11H11ClO6/c12-7-3-6(9(15)10(16)11(17)18)2-1-5(7)4-8(13)14/h1-3,9-10,15-16H,4H2,(H,13,14)(H,17,18). The minimum absolute atomic E-state index is 0.0894. The summed E-state index contributed by atoms with van der Waals surface area (Å²) in [4.78, 5) is 21.0. The van der Waals surface area contributed by atoms with Crippen molar-refractivity contribution in [2.45, 2.75) is 18.6 Å². The van der Waals surface area contributed by atoms with Crippen LogP contribution in [0.25, 0.3) is 0 Å². The molecule has 6 nitrogen and oxygen atoms in total. The maximum absolute atomic E-state index is 10.5. The van der Waals surface area contributed by atoms with Gasteiger partial charge in [-0.05, 0) is 17.2 Å². The second-order valence-corrected chi connectivity index (χ2v) is 4.06. The Morgan fingerprint density at radius 1 is 1.22 bits per heavy atom. The van der Waals surface area contributed by atoms with Gasteiger partial charge in [-0.15, -0.1) is 0 Å². The Balaban J connectivity index is 2.96. The molecule has 0 saturated carbocycles. The molecule has 0 aliphatic heterocycles. The Bertz CT molecular complexity index is 473. The van der Waals surface area contributed by atoms with E-state index < -0.39 is 24.1 Å². The first-order chi connectivity index (χ1) is 8.32. The van der Waals surface area contributed by atoms with Crippen molar-refractivity contribution in [1.82, 2.24) is 0 Å². The van der Waals surface area contributed by atoms with Crippen LogP contribution in [-0.2, 0) is 16.0 Å². The molecule has 0 bridgehead atoms. The summed E-state index contributed by atoms with van der Waals surface area (Å²) in [6, 6.07) is 3.92. The number of hydrogen-bond donors (Lipinski definition) is 4. The lowest BCUT2D eigenvalue weighted by Gasteiger charge is -2.15. The summed E-state index contributed by atoms with van der Waals surface area (Å²) in [5.41, 5.74) is 0.439. The van der Waals surface area contributed by atoms with E-state index in [1.165, 1.54) is 18.2 Å². The van der Waals surface area contributed by atoms with E-state index in [0.717, 1.165) is 0 Å². The van der Waals surface area contributed by atoms with Gasteiger partial charge in [0.25, 0.3) is 0 Å². The number of aliphatic carboxylic acids is 2. The van der Waals surface area contributed by atoms with Gasteiger partial charge in [0.2, 0.25) is 0 Å².